The Kier molecular flexibility index (Phi) is 4.93. The minimum atomic E-state index is -0.951. The minimum absolute atomic E-state index is 0.0474. The summed E-state index contributed by atoms with van der Waals surface area (Å²) in [7, 11) is 3.59. The lowest BCUT2D eigenvalue weighted by Crippen LogP contribution is -2.26. The summed E-state index contributed by atoms with van der Waals surface area (Å²) in [5, 5.41) is 12.9. The number of benzene rings is 1. The summed E-state index contributed by atoms with van der Waals surface area (Å²) >= 11 is 0. The van der Waals surface area contributed by atoms with Crippen LogP contribution in [0, 0.1) is 0 Å². The molecule has 1 aromatic carbocycles. The number of nitrogens with zero attached hydrogens (tertiary/aromatic N) is 3. The van der Waals surface area contributed by atoms with Crippen LogP contribution in [0.3, 0.4) is 0 Å². The molecule has 0 spiro atoms. The van der Waals surface area contributed by atoms with Gasteiger partial charge in [-0.1, -0.05) is 12.1 Å². The van der Waals surface area contributed by atoms with Gasteiger partial charge < -0.3 is 10.0 Å². The smallest absolute Gasteiger partial charge is 0.335 e. The van der Waals surface area contributed by atoms with Crippen LogP contribution >= 0.6 is 0 Å². The fourth-order valence-electron chi connectivity index (χ4n) is 2.16. The van der Waals surface area contributed by atoms with E-state index in [-0.39, 0.29) is 11.5 Å². The van der Waals surface area contributed by atoms with Crippen LogP contribution in [0.2, 0.25) is 0 Å². The first-order valence-corrected chi connectivity index (χ1v) is 6.99. The van der Waals surface area contributed by atoms with Gasteiger partial charge in [-0.15, -0.1) is 0 Å². The SMILES string of the molecule is CN(Cc1ccc(C(=O)O)cc1)C(=O)CCc1cnn(C)c1. The molecular weight excluding hydrogens is 282 g/mol. The lowest BCUT2D eigenvalue weighted by molar-refractivity contribution is -0.130. The van der Waals surface area contributed by atoms with Gasteiger partial charge >= 0.3 is 5.97 Å². The molecule has 0 saturated heterocycles. The van der Waals surface area contributed by atoms with Crippen LogP contribution in [-0.2, 0) is 24.8 Å². The molecule has 0 atom stereocenters. The van der Waals surface area contributed by atoms with Crippen LogP contribution in [0.15, 0.2) is 36.7 Å². The van der Waals surface area contributed by atoms with Crippen molar-refractivity contribution in [2.24, 2.45) is 7.05 Å². The number of carboxylic acid groups (broad SMARTS) is 1. The second-order valence-electron chi connectivity index (χ2n) is 5.27. The second kappa shape index (κ2) is 6.89. The molecule has 0 fully saturated rings. The molecule has 0 bridgehead atoms. The summed E-state index contributed by atoms with van der Waals surface area (Å²) < 4.78 is 1.72. The van der Waals surface area contributed by atoms with Crippen molar-refractivity contribution >= 4 is 11.9 Å². The van der Waals surface area contributed by atoms with Crippen LogP contribution < -0.4 is 0 Å². The Balaban J connectivity index is 1.86. The van der Waals surface area contributed by atoms with E-state index in [0.717, 1.165) is 11.1 Å². The first-order valence-electron chi connectivity index (χ1n) is 6.99. The molecule has 0 unspecified atom stereocenters. The van der Waals surface area contributed by atoms with Crippen LogP contribution in [0.1, 0.15) is 27.9 Å². The number of amides is 1. The standard InChI is InChI=1S/C16H19N3O3/c1-18(10-12-3-6-14(7-4-12)16(21)22)15(20)8-5-13-9-17-19(2)11-13/h3-4,6-7,9,11H,5,8,10H2,1-2H3,(H,21,22). The van der Waals surface area contributed by atoms with Gasteiger partial charge in [0.2, 0.25) is 5.91 Å². The molecule has 6 nitrogen and oxygen atoms in total. The number of carboxylic acids is 1. The van der Waals surface area contributed by atoms with Crippen molar-refractivity contribution < 1.29 is 14.7 Å². The molecule has 1 amide bonds. The second-order valence-corrected chi connectivity index (χ2v) is 5.27. The molecule has 0 aliphatic rings. The highest BCUT2D eigenvalue weighted by molar-refractivity contribution is 5.87. The highest BCUT2D eigenvalue weighted by atomic mass is 16.4. The molecule has 22 heavy (non-hydrogen) atoms. The van der Waals surface area contributed by atoms with Gasteiger partial charge in [0, 0.05) is 33.3 Å². The van der Waals surface area contributed by atoms with E-state index >= 15 is 0 Å². The predicted molar refractivity (Wildman–Crippen MR) is 81.4 cm³/mol. The zero-order chi connectivity index (χ0) is 16.1. The Bertz CT molecular complexity index is 662. The highest BCUT2D eigenvalue weighted by Crippen LogP contribution is 2.09. The Morgan fingerprint density at radius 2 is 1.91 bits per heavy atom. The summed E-state index contributed by atoms with van der Waals surface area (Å²) in [6.45, 7) is 0.464. The van der Waals surface area contributed by atoms with E-state index in [1.807, 2.05) is 13.2 Å². The normalized spacial score (nSPS) is 10.5. The first kappa shape index (κ1) is 15.8. The molecule has 1 aromatic heterocycles. The molecule has 0 aliphatic carbocycles. The average Bonchev–Trinajstić information content (AvgIpc) is 2.91. The van der Waals surface area contributed by atoms with E-state index in [2.05, 4.69) is 5.10 Å². The fraction of sp³-hybridized carbons (Fsp3) is 0.312. The number of carbonyl (C=O) groups excluding carboxylic acids is 1. The minimum Gasteiger partial charge on any atom is -0.478 e. The van der Waals surface area contributed by atoms with Gasteiger partial charge in [0.25, 0.3) is 0 Å². The maximum absolute atomic E-state index is 12.1. The summed E-state index contributed by atoms with van der Waals surface area (Å²) in [5.41, 5.74) is 2.19. The van der Waals surface area contributed by atoms with E-state index in [0.29, 0.717) is 19.4 Å². The molecule has 6 heteroatoms. The van der Waals surface area contributed by atoms with Crippen LogP contribution in [0.5, 0.6) is 0 Å². The van der Waals surface area contributed by atoms with Crippen LogP contribution in [0.25, 0.3) is 0 Å². The molecule has 0 radical (unpaired) electrons. The van der Waals surface area contributed by atoms with E-state index < -0.39 is 5.97 Å². The van der Waals surface area contributed by atoms with E-state index in [1.54, 1.807) is 47.1 Å². The topological polar surface area (TPSA) is 75.4 Å². The van der Waals surface area contributed by atoms with Crippen molar-refractivity contribution in [3.05, 3.63) is 53.3 Å². The average molecular weight is 301 g/mol. The fourth-order valence-corrected chi connectivity index (χ4v) is 2.16. The Hall–Kier alpha value is -2.63. The number of aromatic nitrogens is 2. The van der Waals surface area contributed by atoms with Crippen molar-refractivity contribution in [3.8, 4) is 0 Å². The van der Waals surface area contributed by atoms with Gasteiger partial charge in [-0.3, -0.25) is 9.48 Å². The van der Waals surface area contributed by atoms with Gasteiger partial charge in [0.15, 0.2) is 0 Å². The van der Waals surface area contributed by atoms with E-state index in [1.165, 1.54) is 0 Å². The highest BCUT2D eigenvalue weighted by Gasteiger charge is 2.10. The van der Waals surface area contributed by atoms with Crippen molar-refractivity contribution in [3.63, 3.8) is 0 Å². The molecule has 0 saturated carbocycles. The Morgan fingerprint density at radius 1 is 1.23 bits per heavy atom. The van der Waals surface area contributed by atoms with Crippen molar-refractivity contribution in [2.45, 2.75) is 19.4 Å². The van der Waals surface area contributed by atoms with Gasteiger partial charge in [-0.25, -0.2) is 4.79 Å². The van der Waals surface area contributed by atoms with E-state index in [9.17, 15) is 9.59 Å². The van der Waals surface area contributed by atoms with Crippen LogP contribution in [0.4, 0.5) is 0 Å². The van der Waals surface area contributed by atoms with Gasteiger partial charge in [0.1, 0.15) is 0 Å². The number of hydrogen-bond acceptors (Lipinski definition) is 3. The molecule has 1 N–H and O–H groups in total. The third-order valence-electron chi connectivity index (χ3n) is 3.43. The summed E-state index contributed by atoms with van der Waals surface area (Å²) in [6, 6.07) is 6.56. The van der Waals surface area contributed by atoms with Crippen molar-refractivity contribution in [1.82, 2.24) is 14.7 Å². The Morgan fingerprint density at radius 3 is 2.45 bits per heavy atom. The van der Waals surface area contributed by atoms with Gasteiger partial charge in [-0.2, -0.15) is 5.10 Å². The largest absolute Gasteiger partial charge is 0.478 e. The molecule has 116 valence electrons. The lowest BCUT2D eigenvalue weighted by atomic mass is 10.1. The maximum atomic E-state index is 12.1. The first-order chi connectivity index (χ1) is 10.5. The maximum Gasteiger partial charge on any atom is 0.335 e. The lowest BCUT2D eigenvalue weighted by Gasteiger charge is -2.17. The van der Waals surface area contributed by atoms with Crippen molar-refractivity contribution in [1.29, 1.82) is 0 Å². The summed E-state index contributed by atoms with van der Waals surface area (Å²) in [6.07, 6.45) is 4.75. The van der Waals surface area contributed by atoms with Crippen LogP contribution in [-0.4, -0.2) is 38.7 Å². The number of carbonyl (C=O) groups is 2. The molecular formula is C16H19N3O3. The summed E-state index contributed by atoms with van der Waals surface area (Å²) in [5.74, 6) is -0.904. The third kappa shape index (κ3) is 4.18. The van der Waals surface area contributed by atoms with E-state index in [4.69, 9.17) is 5.11 Å². The number of aromatic carboxylic acids is 1. The zero-order valence-electron chi connectivity index (χ0n) is 12.7. The third-order valence-corrected chi connectivity index (χ3v) is 3.43. The molecule has 1 heterocycles. The summed E-state index contributed by atoms with van der Waals surface area (Å²) in [4.78, 5) is 24.5. The number of aryl methyl sites for hydroxylation is 2. The monoisotopic (exact) mass is 301 g/mol. The number of hydrogen-bond donors (Lipinski definition) is 1. The molecule has 2 rings (SSSR count). The quantitative estimate of drug-likeness (QED) is 0.881. The van der Waals surface area contributed by atoms with Crippen molar-refractivity contribution in [2.75, 3.05) is 7.05 Å². The predicted octanol–water partition coefficient (Wildman–Crippen LogP) is 1.71. The Labute approximate surface area is 129 Å². The van der Waals surface area contributed by atoms with Gasteiger partial charge in [-0.05, 0) is 29.7 Å². The van der Waals surface area contributed by atoms with Gasteiger partial charge in [0.05, 0.1) is 11.8 Å². The molecule has 2 aromatic rings. The number of rotatable bonds is 6. The molecule has 0 aliphatic heterocycles. The zero-order valence-corrected chi connectivity index (χ0v) is 12.7.